The maximum absolute atomic E-state index is 10.8. The molecule has 96 valence electrons. The highest BCUT2D eigenvalue weighted by molar-refractivity contribution is 7.99. The number of hydrogen-bond acceptors (Lipinski definition) is 6. The minimum absolute atomic E-state index is 0.0963. The van der Waals surface area contributed by atoms with Gasteiger partial charge in [0.05, 0.1) is 4.92 Å². The molecule has 0 saturated carbocycles. The smallest absolute Gasteiger partial charge is 0.258 e. The van der Waals surface area contributed by atoms with E-state index >= 15 is 0 Å². The summed E-state index contributed by atoms with van der Waals surface area (Å²) >= 11 is 7.27. The van der Waals surface area contributed by atoms with Crippen LogP contribution in [-0.4, -0.2) is 26.9 Å². The van der Waals surface area contributed by atoms with Crippen molar-refractivity contribution in [1.29, 1.82) is 0 Å². The molecule has 0 amide bonds. The molecule has 0 aliphatic rings. The zero-order chi connectivity index (χ0) is 13.1. The van der Waals surface area contributed by atoms with Crippen LogP contribution in [-0.2, 0) is 0 Å². The van der Waals surface area contributed by atoms with Gasteiger partial charge in [0.1, 0.15) is 0 Å². The van der Waals surface area contributed by atoms with E-state index in [-0.39, 0.29) is 11.2 Å². The van der Waals surface area contributed by atoms with E-state index in [1.807, 2.05) is 6.92 Å². The molecule has 0 aliphatic heterocycles. The van der Waals surface area contributed by atoms with Crippen LogP contribution in [0.1, 0.15) is 6.92 Å². The number of thioether (sulfide) groups is 1. The van der Waals surface area contributed by atoms with E-state index in [0.29, 0.717) is 17.3 Å². The molecule has 1 atom stereocenters. The van der Waals surface area contributed by atoms with Crippen LogP contribution in [0.25, 0.3) is 11.0 Å². The summed E-state index contributed by atoms with van der Waals surface area (Å²) in [7, 11) is 0. The Balaban J connectivity index is 2.33. The highest BCUT2D eigenvalue weighted by atomic mass is 35.5. The summed E-state index contributed by atoms with van der Waals surface area (Å²) < 4.78 is 4.59. The molecule has 1 aromatic heterocycles. The lowest BCUT2D eigenvalue weighted by atomic mass is 10.3. The summed E-state index contributed by atoms with van der Waals surface area (Å²) in [6, 6.07) is 3.08. The van der Waals surface area contributed by atoms with Gasteiger partial charge in [-0.3, -0.25) is 10.1 Å². The Kier molecular flexibility index (Phi) is 4.03. The maximum Gasteiger partial charge on any atom is 0.300 e. The number of benzene rings is 1. The van der Waals surface area contributed by atoms with Gasteiger partial charge in [0, 0.05) is 22.6 Å². The predicted molar refractivity (Wildman–Crippen MR) is 69.1 cm³/mol. The largest absolute Gasteiger partial charge is 0.300 e. The van der Waals surface area contributed by atoms with Crippen molar-refractivity contribution in [2.45, 2.75) is 11.8 Å². The summed E-state index contributed by atoms with van der Waals surface area (Å²) in [6.07, 6.45) is 0. The lowest BCUT2D eigenvalue weighted by molar-refractivity contribution is -0.383. The first kappa shape index (κ1) is 13.1. The third-order valence-corrected chi connectivity index (χ3v) is 4.24. The zero-order valence-corrected chi connectivity index (χ0v) is 11.1. The summed E-state index contributed by atoms with van der Waals surface area (Å²) in [5, 5.41) is 18.1. The highest BCUT2D eigenvalue weighted by Crippen LogP contribution is 2.32. The van der Waals surface area contributed by atoms with Crippen LogP contribution in [0.5, 0.6) is 0 Å². The van der Waals surface area contributed by atoms with Gasteiger partial charge < -0.3 is 0 Å². The molecule has 0 fully saturated rings. The minimum Gasteiger partial charge on any atom is -0.258 e. The van der Waals surface area contributed by atoms with E-state index in [9.17, 15) is 10.1 Å². The van der Waals surface area contributed by atoms with Crippen molar-refractivity contribution < 1.29 is 9.55 Å². The van der Waals surface area contributed by atoms with E-state index in [1.165, 1.54) is 17.8 Å². The first-order chi connectivity index (χ1) is 8.63. The maximum atomic E-state index is 10.8. The molecule has 1 unspecified atom stereocenters. The SMILES string of the molecule is CC(CCl)CSc1ccc([N+](=O)[O-])c2nonc12. The average molecular weight is 288 g/mol. The number of non-ortho nitro benzene ring substituents is 1. The standard InChI is InChI=1S/C10H10ClN3O3S/c1-6(4-11)5-18-8-3-2-7(14(15)16)9-10(8)13-17-12-9/h2-3,6H,4-5H2,1H3. The van der Waals surface area contributed by atoms with Gasteiger partial charge >= 0.3 is 5.69 Å². The molecule has 8 heteroatoms. The van der Waals surface area contributed by atoms with E-state index < -0.39 is 4.92 Å². The summed E-state index contributed by atoms with van der Waals surface area (Å²) in [4.78, 5) is 11.1. The van der Waals surface area contributed by atoms with Crippen LogP contribution < -0.4 is 0 Å². The van der Waals surface area contributed by atoms with Crippen molar-refractivity contribution in [2.24, 2.45) is 5.92 Å². The normalized spacial score (nSPS) is 12.8. The first-order valence-electron chi connectivity index (χ1n) is 5.22. The molecule has 0 N–H and O–H groups in total. The Labute approximate surface area is 112 Å². The van der Waals surface area contributed by atoms with Crippen LogP contribution in [0.15, 0.2) is 21.7 Å². The Morgan fingerprint density at radius 1 is 1.50 bits per heavy atom. The number of nitro groups is 1. The second kappa shape index (κ2) is 5.53. The van der Waals surface area contributed by atoms with Gasteiger partial charge in [-0.1, -0.05) is 6.92 Å². The molecule has 18 heavy (non-hydrogen) atoms. The number of fused-ring (bicyclic) bond motifs is 1. The van der Waals surface area contributed by atoms with Crippen molar-refractivity contribution in [1.82, 2.24) is 10.3 Å². The fraction of sp³-hybridized carbons (Fsp3) is 0.400. The molecule has 0 bridgehead atoms. The van der Waals surface area contributed by atoms with Crippen LogP contribution in [0.4, 0.5) is 5.69 Å². The molecule has 0 spiro atoms. The Hall–Kier alpha value is -1.34. The van der Waals surface area contributed by atoms with Crippen molar-refractivity contribution in [3.05, 3.63) is 22.2 Å². The Bertz CT molecular complexity index is 574. The molecule has 0 saturated heterocycles. The number of hydrogen-bond donors (Lipinski definition) is 0. The van der Waals surface area contributed by atoms with E-state index in [2.05, 4.69) is 14.9 Å². The quantitative estimate of drug-likeness (QED) is 0.364. The Morgan fingerprint density at radius 3 is 2.89 bits per heavy atom. The number of nitro benzene ring substituents is 1. The third-order valence-electron chi connectivity index (χ3n) is 2.34. The molecule has 1 heterocycles. The summed E-state index contributed by atoms with van der Waals surface area (Å²) in [5.41, 5.74) is 0.514. The average Bonchev–Trinajstić information content (AvgIpc) is 2.84. The molecular weight excluding hydrogens is 278 g/mol. The van der Waals surface area contributed by atoms with Gasteiger partial charge in [0.2, 0.25) is 5.52 Å². The summed E-state index contributed by atoms with van der Waals surface area (Å²) in [5.74, 6) is 1.73. The van der Waals surface area contributed by atoms with Gasteiger partial charge in [0.25, 0.3) is 0 Å². The second-order valence-electron chi connectivity index (χ2n) is 3.87. The van der Waals surface area contributed by atoms with Crippen molar-refractivity contribution in [2.75, 3.05) is 11.6 Å². The van der Waals surface area contributed by atoms with Crippen molar-refractivity contribution in [3.8, 4) is 0 Å². The predicted octanol–water partition coefficient (Wildman–Crippen LogP) is 3.10. The molecule has 6 nitrogen and oxygen atoms in total. The van der Waals surface area contributed by atoms with Crippen LogP contribution in [0.2, 0.25) is 0 Å². The zero-order valence-electron chi connectivity index (χ0n) is 9.50. The number of halogens is 1. The lowest BCUT2D eigenvalue weighted by Crippen LogP contribution is -1.99. The number of nitrogens with zero attached hydrogens (tertiary/aromatic N) is 3. The van der Waals surface area contributed by atoms with E-state index in [4.69, 9.17) is 11.6 Å². The van der Waals surface area contributed by atoms with E-state index in [0.717, 1.165) is 10.6 Å². The fourth-order valence-electron chi connectivity index (χ4n) is 1.37. The summed E-state index contributed by atoms with van der Waals surface area (Å²) in [6.45, 7) is 2.03. The van der Waals surface area contributed by atoms with Gasteiger partial charge in [-0.15, -0.1) is 23.4 Å². The molecule has 2 aromatic rings. The number of alkyl halides is 1. The molecule has 1 aromatic carbocycles. The first-order valence-corrected chi connectivity index (χ1v) is 6.74. The Morgan fingerprint density at radius 2 is 2.22 bits per heavy atom. The van der Waals surface area contributed by atoms with Crippen LogP contribution in [0.3, 0.4) is 0 Å². The van der Waals surface area contributed by atoms with Gasteiger partial charge in [-0.05, 0) is 22.3 Å². The second-order valence-corrected chi connectivity index (χ2v) is 5.24. The van der Waals surface area contributed by atoms with E-state index in [1.54, 1.807) is 6.07 Å². The topological polar surface area (TPSA) is 82.1 Å². The number of rotatable bonds is 5. The third kappa shape index (κ3) is 2.56. The van der Waals surface area contributed by atoms with Gasteiger partial charge in [-0.25, -0.2) is 4.63 Å². The van der Waals surface area contributed by atoms with Gasteiger partial charge in [-0.2, -0.15) is 0 Å². The molecular formula is C10H10ClN3O3S. The lowest BCUT2D eigenvalue weighted by Gasteiger charge is -2.06. The highest BCUT2D eigenvalue weighted by Gasteiger charge is 2.19. The van der Waals surface area contributed by atoms with Gasteiger partial charge in [0.15, 0.2) is 5.52 Å². The molecule has 0 radical (unpaired) electrons. The minimum atomic E-state index is -0.498. The van der Waals surface area contributed by atoms with Crippen LogP contribution >= 0.6 is 23.4 Å². The van der Waals surface area contributed by atoms with Crippen molar-refractivity contribution >= 4 is 40.1 Å². The number of aromatic nitrogens is 2. The molecule has 2 rings (SSSR count). The van der Waals surface area contributed by atoms with Crippen LogP contribution in [0, 0.1) is 16.0 Å². The van der Waals surface area contributed by atoms with Crippen molar-refractivity contribution in [3.63, 3.8) is 0 Å². The monoisotopic (exact) mass is 287 g/mol. The fourth-order valence-corrected chi connectivity index (χ4v) is 2.63. The molecule has 0 aliphatic carbocycles.